The van der Waals surface area contributed by atoms with E-state index in [1.54, 1.807) is 18.2 Å². The second-order valence-electron chi connectivity index (χ2n) is 5.14. The van der Waals surface area contributed by atoms with Crippen molar-refractivity contribution in [3.05, 3.63) is 53.0 Å². The number of amides is 3. The van der Waals surface area contributed by atoms with Gasteiger partial charge in [0.05, 0.1) is 0 Å². The Bertz CT molecular complexity index is 801. The SMILES string of the molecule is Cc1cc(C=C2NC(=O)NC2=O)c(C)n1-c1ccc(O)cc1. The van der Waals surface area contributed by atoms with Crippen LogP contribution in [0.5, 0.6) is 5.75 Å². The lowest BCUT2D eigenvalue weighted by Gasteiger charge is -2.09. The highest BCUT2D eigenvalue weighted by atomic mass is 16.3. The van der Waals surface area contributed by atoms with Crippen LogP contribution >= 0.6 is 0 Å². The summed E-state index contributed by atoms with van der Waals surface area (Å²) in [4.78, 5) is 22.8. The quantitative estimate of drug-likeness (QED) is 0.585. The number of aromatic nitrogens is 1. The Balaban J connectivity index is 2.04. The van der Waals surface area contributed by atoms with Gasteiger partial charge in [-0.05, 0) is 55.8 Å². The van der Waals surface area contributed by atoms with Gasteiger partial charge >= 0.3 is 6.03 Å². The minimum Gasteiger partial charge on any atom is -0.508 e. The molecule has 3 rings (SSSR count). The van der Waals surface area contributed by atoms with Crippen molar-refractivity contribution in [1.82, 2.24) is 15.2 Å². The third kappa shape index (κ3) is 2.35. The number of phenols is 1. The number of nitrogens with one attached hydrogen (secondary N) is 2. The first-order valence-electron chi connectivity index (χ1n) is 6.78. The van der Waals surface area contributed by atoms with E-state index in [0.29, 0.717) is 0 Å². The summed E-state index contributed by atoms with van der Waals surface area (Å²) in [5, 5.41) is 14.0. The number of imide groups is 1. The zero-order chi connectivity index (χ0) is 15.9. The molecule has 0 atom stereocenters. The van der Waals surface area contributed by atoms with Gasteiger partial charge in [0.15, 0.2) is 0 Å². The topological polar surface area (TPSA) is 83.4 Å². The first-order chi connectivity index (χ1) is 10.5. The highest BCUT2D eigenvalue weighted by Crippen LogP contribution is 2.24. The van der Waals surface area contributed by atoms with E-state index in [9.17, 15) is 14.7 Å². The molecule has 0 saturated carbocycles. The lowest BCUT2D eigenvalue weighted by atomic mass is 10.2. The van der Waals surface area contributed by atoms with E-state index in [1.165, 1.54) is 0 Å². The van der Waals surface area contributed by atoms with Gasteiger partial charge in [-0.2, -0.15) is 0 Å². The minimum absolute atomic E-state index is 0.207. The standard InChI is InChI=1S/C16H15N3O3/c1-9-7-11(8-14-15(21)18-16(22)17-14)10(2)19(9)12-3-5-13(20)6-4-12/h3-8,20H,1-2H3,(H2,17,18,21,22). The molecule has 1 aromatic carbocycles. The van der Waals surface area contributed by atoms with Crippen LogP contribution in [0.25, 0.3) is 11.8 Å². The van der Waals surface area contributed by atoms with Crippen LogP contribution in [-0.2, 0) is 4.79 Å². The molecule has 1 aliphatic rings. The van der Waals surface area contributed by atoms with E-state index in [2.05, 4.69) is 10.6 Å². The molecule has 2 heterocycles. The van der Waals surface area contributed by atoms with Crippen LogP contribution in [0.3, 0.4) is 0 Å². The summed E-state index contributed by atoms with van der Waals surface area (Å²) in [6, 6.07) is 8.30. The highest BCUT2D eigenvalue weighted by Gasteiger charge is 2.23. The number of hydrogen-bond donors (Lipinski definition) is 3. The molecule has 6 nitrogen and oxygen atoms in total. The van der Waals surface area contributed by atoms with Crippen molar-refractivity contribution in [2.45, 2.75) is 13.8 Å². The number of urea groups is 1. The Morgan fingerprint density at radius 1 is 1.09 bits per heavy atom. The predicted octanol–water partition coefficient (Wildman–Crippen LogP) is 1.98. The fraction of sp³-hybridized carbons (Fsp3) is 0.125. The number of carbonyl (C=O) groups excluding carboxylic acids is 2. The van der Waals surface area contributed by atoms with Crippen LogP contribution in [0.1, 0.15) is 17.0 Å². The summed E-state index contributed by atoms with van der Waals surface area (Å²) in [5.74, 6) is -0.224. The van der Waals surface area contributed by atoms with Gasteiger partial charge in [0.25, 0.3) is 5.91 Å². The average molecular weight is 297 g/mol. The molecule has 1 aliphatic heterocycles. The Kier molecular flexibility index (Phi) is 3.21. The Morgan fingerprint density at radius 3 is 2.36 bits per heavy atom. The molecule has 1 fully saturated rings. The number of rotatable bonds is 2. The zero-order valence-electron chi connectivity index (χ0n) is 12.2. The van der Waals surface area contributed by atoms with Gasteiger partial charge in [-0.3, -0.25) is 10.1 Å². The third-order valence-electron chi connectivity index (χ3n) is 3.60. The number of carbonyl (C=O) groups is 2. The summed E-state index contributed by atoms with van der Waals surface area (Å²) in [6.45, 7) is 3.89. The predicted molar refractivity (Wildman–Crippen MR) is 81.6 cm³/mol. The van der Waals surface area contributed by atoms with E-state index in [4.69, 9.17) is 0 Å². The van der Waals surface area contributed by atoms with E-state index in [1.807, 2.05) is 36.6 Å². The second-order valence-corrected chi connectivity index (χ2v) is 5.14. The fourth-order valence-electron chi connectivity index (χ4n) is 2.57. The van der Waals surface area contributed by atoms with Crippen molar-refractivity contribution < 1.29 is 14.7 Å². The Labute approximate surface area is 127 Å². The van der Waals surface area contributed by atoms with Crippen molar-refractivity contribution in [2.75, 3.05) is 0 Å². The van der Waals surface area contributed by atoms with Crippen molar-refractivity contribution >= 4 is 18.0 Å². The molecule has 6 heteroatoms. The smallest absolute Gasteiger partial charge is 0.326 e. The number of hydrogen-bond acceptors (Lipinski definition) is 3. The first-order valence-corrected chi connectivity index (χ1v) is 6.78. The minimum atomic E-state index is -0.511. The molecule has 0 bridgehead atoms. The molecule has 0 aliphatic carbocycles. The van der Waals surface area contributed by atoms with E-state index < -0.39 is 11.9 Å². The number of benzene rings is 1. The highest BCUT2D eigenvalue weighted by molar-refractivity contribution is 6.14. The normalized spacial score (nSPS) is 16.0. The number of aryl methyl sites for hydroxylation is 1. The fourth-order valence-corrected chi connectivity index (χ4v) is 2.57. The summed E-state index contributed by atoms with van der Waals surface area (Å²) >= 11 is 0. The van der Waals surface area contributed by atoms with Crippen LogP contribution < -0.4 is 10.6 Å². The monoisotopic (exact) mass is 297 g/mol. The van der Waals surface area contributed by atoms with Crippen molar-refractivity contribution in [1.29, 1.82) is 0 Å². The molecule has 0 radical (unpaired) electrons. The molecular formula is C16H15N3O3. The van der Waals surface area contributed by atoms with Gasteiger partial charge in [-0.1, -0.05) is 0 Å². The number of phenolic OH excluding ortho intramolecular Hbond substituents is 1. The van der Waals surface area contributed by atoms with Gasteiger partial charge < -0.3 is 15.0 Å². The molecule has 0 spiro atoms. The van der Waals surface area contributed by atoms with Crippen LogP contribution in [0, 0.1) is 13.8 Å². The molecule has 3 N–H and O–H groups in total. The van der Waals surface area contributed by atoms with Gasteiger partial charge in [-0.15, -0.1) is 0 Å². The van der Waals surface area contributed by atoms with Crippen LogP contribution in [0.4, 0.5) is 4.79 Å². The van der Waals surface area contributed by atoms with E-state index >= 15 is 0 Å². The van der Waals surface area contributed by atoms with E-state index in [-0.39, 0.29) is 11.4 Å². The largest absolute Gasteiger partial charge is 0.508 e. The second kappa shape index (κ2) is 5.07. The van der Waals surface area contributed by atoms with Gasteiger partial charge in [0, 0.05) is 17.1 Å². The maximum atomic E-state index is 11.6. The molecule has 1 saturated heterocycles. The summed E-state index contributed by atoms with van der Waals surface area (Å²) in [6.07, 6.45) is 1.65. The van der Waals surface area contributed by atoms with Crippen LogP contribution in [0.15, 0.2) is 36.0 Å². The average Bonchev–Trinajstić information content (AvgIpc) is 2.92. The van der Waals surface area contributed by atoms with Crippen LogP contribution in [0.2, 0.25) is 0 Å². The molecule has 1 aromatic heterocycles. The maximum absolute atomic E-state index is 11.6. The van der Waals surface area contributed by atoms with Crippen molar-refractivity contribution in [3.8, 4) is 11.4 Å². The summed E-state index contributed by atoms with van der Waals surface area (Å²) in [5.41, 5.74) is 3.91. The molecule has 3 amide bonds. The van der Waals surface area contributed by atoms with Crippen LogP contribution in [-0.4, -0.2) is 21.6 Å². The first kappa shape index (κ1) is 13.9. The van der Waals surface area contributed by atoms with Gasteiger partial charge in [0.2, 0.25) is 0 Å². The molecular weight excluding hydrogens is 282 g/mol. The maximum Gasteiger partial charge on any atom is 0.326 e. The summed E-state index contributed by atoms with van der Waals surface area (Å²) in [7, 11) is 0. The Hall–Kier alpha value is -3.02. The van der Waals surface area contributed by atoms with Gasteiger partial charge in [0.1, 0.15) is 11.4 Å². The zero-order valence-corrected chi connectivity index (χ0v) is 12.2. The molecule has 2 aromatic rings. The molecule has 112 valence electrons. The lowest BCUT2D eigenvalue weighted by molar-refractivity contribution is -0.115. The van der Waals surface area contributed by atoms with Crippen molar-refractivity contribution in [3.63, 3.8) is 0 Å². The van der Waals surface area contributed by atoms with E-state index in [0.717, 1.165) is 22.6 Å². The third-order valence-corrected chi connectivity index (χ3v) is 3.60. The molecule has 22 heavy (non-hydrogen) atoms. The van der Waals surface area contributed by atoms with Crippen molar-refractivity contribution in [2.24, 2.45) is 0 Å². The lowest BCUT2D eigenvalue weighted by Crippen LogP contribution is -2.22. The molecule has 0 unspecified atom stereocenters. The summed E-state index contributed by atoms with van der Waals surface area (Å²) < 4.78 is 2.01. The van der Waals surface area contributed by atoms with Gasteiger partial charge in [-0.25, -0.2) is 4.79 Å². The number of aromatic hydroxyl groups is 1. The number of nitrogens with zero attached hydrogens (tertiary/aromatic N) is 1. The Morgan fingerprint density at radius 2 is 1.77 bits per heavy atom.